The number of nitrogens with one attached hydrogen (secondary N) is 1. The van der Waals surface area contributed by atoms with Gasteiger partial charge in [-0.3, -0.25) is 4.79 Å². The predicted octanol–water partition coefficient (Wildman–Crippen LogP) is 3.61. The van der Waals surface area contributed by atoms with Crippen LogP contribution in [0.1, 0.15) is 24.1 Å². The van der Waals surface area contributed by atoms with Gasteiger partial charge in [0.2, 0.25) is 0 Å². The van der Waals surface area contributed by atoms with Crippen LogP contribution in [0.3, 0.4) is 0 Å². The number of carbonyl (C=O) groups is 2. The second-order valence-electron chi connectivity index (χ2n) is 6.51. The van der Waals surface area contributed by atoms with Gasteiger partial charge in [-0.2, -0.15) is 0 Å². The van der Waals surface area contributed by atoms with E-state index in [-0.39, 0.29) is 13.0 Å². The van der Waals surface area contributed by atoms with Gasteiger partial charge >= 0.3 is 12.0 Å². The van der Waals surface area contributed by atoms with Gasteiger partial charge < -0.3 is 15.3 Å². The monoisotopic (exact) mass is 376 g/mol. The number of amides is 2. The summed E-state index contributed by atoms with van der Waals surface area (Å²) < 4.78 is 27.1. The summed E-state index contributed by atoms with van der Waals surface area (Å²) in [5, 5.41) is 11.8. The number of urea groups is 1. The molecule has 0 bridgehead atoms. The quantitative estimate of drug-likeness (QED) is 0.776. The molecule has 0 saturated heterocycles. The van der Waals surface area contributed by atoms with Crippen molar-refractivity contribution in [2.24, 2.45) is 5.92 Å². The lowest BCUT2D eigenvalue weighted by Gasteiger charge is -2.25. The number of carbonyl (C=O) groups excluding carboxylic acids is 1. The fraction of sp³-hybridized carbons (Fsp3) is 0.300. The Bertz CT molecular complexity index is 813. The minimum absolute atomic E-state index is 0.0248. The van der Waals surface area contributed by atoms with Crippen LogP contribution in [0, 0.1) is 17.6 Å². The Hall–Kier alpha value is -2.96. The summed E-state index contributed by atoms with van der Waals surface area (Å²) in [6.07, 6.45) is 0.259. The number of hydrogen-bond donors (Lipinski definition) is 2. The zero-order valence-electron chi connectivity index (χ0n) is 15.2. The highest BCUT2D eigenvalue weighted by Gasteiger charge is 2.21. The minimum atomic E-state index is -1.00. The molecular formula is C20H22F2N2O3. The number of benzene rings is 2. The highest BCUT2D eigenvalue weighted by Crippen LogP contribution is 2.20. The van der Waals surface area contributed by atoms with Gasteiger partial charge in [-0.1, -0.05) is 31.2 Å². The maximum Gasteiger partial charge on any atom is 0.317 e. The van der Waals surface area contributed by atoms with Crippen LogP contribution in [-0.4, -0.2) is 35.6 Å². The van der Waals surface area contributed by atoms with Crippen LogP contribution in [0.5, 0.6) is 0 Å². The van der Waals surface area contributed by atoms with Crippen LogP contribution in [0.25, 0.3) is 0 Å². The molecule has 27 heavy (non-hydrogen) atoms. The third-order valence-electron chi connectivity index (χ3n) is 4.19. The maximum atomic E-state index is 13.6. The Labute approximate surface area is 156 Å². The lowest BCUT2D eigenvalue weighted by Crippen LogP contribution is -2.42. The summed E-state index contributed by atoms with van der Waals surface area (Å²) in [5.41, 5.74) is 1.18. The second-order valence-corrected chi connectivity index (χ2v) is 6.51. The van der Waals surface area contributed by atoms with E-state index in [1.54, 1.807) is 18.2 Å². The van der Waals surface area contributed by atoms with E-state index < -0.39 is 35.6 Å². The first-order chi connectivity index (χ1) is 12.8. The Kier molecular flexibility index (Phi) is 6.87. The number of rotatable bonds is 7. The molecule has 0 aliphatic heterocycles. The van der Waals surface area contributed by atoms with E-state index in [1.165, 1.54) is 49.2 Å². The van der Waals surface area contributed by atoms with Crippen LogP contribution in [0.4, 0.5) is 13.6 Å². The first kappa shape index (κ1) is 20.4. The molecule has 0 spiro atoms. The molecule has 2 unspecified atom stereocenters. The summed E-state index contributed by atoms with van der Waals surface area (Å²) in [6.45, 7) is 1.53. The van der Waals surface area contributed by atoms with Crippen molar-refractivity contribution in [1.29, 1.82) is 0 Å². The van der Waals surface area contributed by atoms with E-state index in [9.17, 15) is 18.4 Å². The molecule has 2 atom stereocenters. The van der Waals surface area contributed by atoms with E-state index in [0.29, 0.717) is 11.1 Å². The standard InChI is InChI=1S/C20H22F2N2O3/c1-13(19(25)26)12-24(2)20(27)23-18(15-6-4-8-17(22)11-15)10-14-5-3-7-16(21)9-14/h3-9,11,13,18H,10,12H2,1-2H3,(H,23,27)(H,25,26). The van der Waals surface area contributed by atoms with Crippen LogP contribution >= 0.6 is 0 Å². The van der Waals surface area contributed by atoms with Crippen molar-refractivity contribution in [2.45, 2.75) is 19.4 Å². The second kappa shape index (κ2) is 9.12. The van der Waals surface area contributed by atoms with Gasteiger partial charge in [-0.05, 0) is 41.8 Å². The Morgan fingerprint density at radius 3 is 2.33 bits per heavy atom. The molecule has 2 rings (SSSR count). The average molecular weight is 376 g/mol. The smallest absolute Gasteiger partial charge is 0.317 e. The molecular weight excluding hydrogens is 354 g/mol. The Balaban J connectivity index is 2.19. The van der Waals surface area contributed by atoms with Crippen LogP contribution in [0.2, 0.25) is 0 Å². The lowest BCUT2D eigenvalue weighted by atomic mass is 9.98. The normalized spacial score (nSPS) is 12.9. The third kappa shape index (κ3) is 6.06. The van der Waals surface area contributed by atoms with Crippen molar-refractivity contribution in [3.05, 3.63) is 71.3 Å². The number of aliphatic carboxylic acids is 1. The van der Waals surface area contributed by atoms with E-state index in [2.05, 4.69) is 5.32 Å². The van der Waals surface area contributed by atoms with Gasteiger partial charge in [-0.15, -0.1) is 0 Å². The van der Waals surface area contributed by atoms with Crippen molar-refractivity contribution in [2.75, 3.05) is 13.6 Å². The molecule has 5 nitrogen and oxygen atoms in total. The van der Waals surface area contributed by atoms with E-state index in [1.807, 2.05) is 0 Å². The number of nitrogens with zero attached hydrogens (tertiary/aromatic N) is 1. The molecule has 2 aromatic rings. The van der Waals surface area contributed by atoms with Crippen LogP contribution in [-0.2, 0) is 11.2 Å². The first-order valence-corrected chi connectivity index (χ1v) is 8.50. The molecule has 0 aliphatic carbocycles. The van der Waals surface area contributed by atoms with Gasteiger partial charge in [-0.25, -0.2) is 13.6 Å². The summed E-state index contributed by atoms with van der Waals surface area (Å²) in [5.74, 6) is -2.57. The summed E-state index contributed by atoms with van der Waals surface area (Å²) in [7, 11) is 1.49. The summed E-state index contributed by atoms with van der Waals surface area (Å²) in [4.78, 5) is 24.7. The van der Waals surface area contributed by atoms with Gasteiger partial charge in [0.05, 0.1) is 12.0 Å². The molecule has 2 N–H and O–H groups in total. The minimum Gasteiger partial charge on any atom is -0.481 e. The summed E-state index contributed by atoms with van der Waals surface area (Å²) in [6, 6.07) is 10.7. The van der Waals surface area contributed by atoms with E-state index >= 15 is 0 Å². The van der Waals surface area contributed by atoms with Crippen LogP contribution in [0.15, 0.2) is 48.5 Å². The third-order valence-corrected chi connectivity index (χ3v) is 4.19. The SMILES string of the molecule is CC(CN(C)C(=O)NC(Cc1cccc(F)c1)c1cccc(F)c1)C(=O)O. The molecule has 0 saturated carbocycles. The number of halogens is 2. The van der Waals surface area contributed by atoms with Gasteiger partial charge in [0, 0.05) is 13.6 Å². The number of hydrogen-bond acceptors (Lipinski definition) is 2. The molecule has 0 heterocycles. The molecule has 0 fully saturated rings. The van der Waals surface area contributed by atoms with E-state index in [0.717, 1.165) is 0 Å². The highest BCUT2D eigenvalue weighted by atomic mass is 19.1. The fourth-order valence-corrected chi connectivity index (χ4v) is 2.71. The van der Waals surface area contributed by atoms with Crippen molar-refractivity contribution < 1.29 is 23.5 Å². The number of carboxylic acid groups (broad SMARTS) is 1. The first-order valence-electron chi connectivity index (χ1n) is 8.50. The molecule has 144 valence electrons. The zero-order valence-corrected chi connectivity index (χ0v) is 15.2. The van der Waals surface area contributed by atoms with Crippen molar-refractivity contribution in [3.8, 4) is 0 Å². The predicted molar refractivity (Wildman–Crippen MR) is 97.2 cm³/mol. The van der Waals surface area contributed by atoms with Crippen molar-refractivity contribution in [3.63, 3.8) is 0 Å². The maximum absolute atomic E-state index is 13.6. The van der Waals surface area contributed by atoms with Gasteiger partial charge in [0.15, 0.2) is 0 Å². The summed E-state index contributed by atoms with van der Waals surface area (Å²) >= 11 is 0. The van der Waals surface area contributed by atoms with Crippen LogP contribution < -0.4 is 5.32 Å². The average Bonchev–Trinajstić information content (AvgIpc) is 2.61. The van der Waals surface area contributed by atoms with Gasteiger partial charge in [0.1, 0.15) is 11.6 Å². The van der Waals surface area contributed by atoms with E-state index in [4.69, 9.17) is 5.11 Å². The molecule has 2 amide bonds. The fourth-order valence-electron chi connectivity index (χ4n) is 2.71. The molecule has 2 aromatic carbocycles. The molecule has 7 heteroatoms. The highest BCUT2D eigenvalue weighted by molar-refractivity contribution is 5.76. The molecule has 0 aromatic heterocycles. The Morgan fingerprint density at radius 1 is 1.11 bits per heavy atom. The van der Waals surface area contributed by atoms with Crippen molar-refractivity contribution >= 4 is 12.0 Å². The largest absolute Gasteiger partial charge is 0.481 e. The Morgan fingerprint density at radius 2 is 1.74 bits per heavy atom. The molecule has 0 aliphatic rings. The lowest BCUT2D eigenvalue weighted by molar-refractivity contribution is -0.141. The van der Waals surface area contributed by atoms with Crippen molar-refractivity contribution in [1.82, 2.24) is 10.2 Å². The van der Waals surface area contributed by atoms with Gasteiger partial charge in [0.25, 0.3) is 0 Å². The number of carboxylic acids is 1. The zero-order chi connectivity index (χ0) is 20.0. The molecule has 0 radical (unpaired) electrons. The topological polar surface area (TPSA) is 69.6 Å².